The van der Waals surface area contributed by atoms with Crippen molar-refractivity contribution in [2.24, 2.45) is 0 Å². The molecule has 2 atom stereocenters. The van der Waals surface area contributed by atoms with Crippen LogP contribution in [0.3, 0.4) is 0 Å². The number of aromatic hydroxyl groups is 1. The second-order valence-corrected chi connectivity index (χ2v) is 9.06. The largest absolute Gasteiger partial charge is 0.508 e. The SMILES string of the molecule is O=C1C(=Cc2ccc3c(c2)C2CCCC2N3c2ccc(CO)cc2)C(=O)c2cc(O)ccc21. The summed E-state index contributed by atoms with van der Waals surface area (Å²) in [5, 5.41) is 19.1. The number of aliphatic hydroxyl groups excluding tert-OH is 1. The third-order valence-corrected chi connectivity index (χ3v) is 7.21. The smallest absolute Gasteiger partial charge is 0.197 e. The van der Waals surface area contributed by atoms with Crippen LogP contribution in [0.2, 0.25) is 0 Å². The summed E-state index contributed by atoms with van der Waals surface area (Å²) in [6.07, 6.45) is 5.09. The van der Waals surface area contributed by atoms with Gasteiger partial charge in [-0.25, -0.2) is 0 Å². The summed E-state index contributed by atoms with van der Waals surface area (Å²) in [4.78, 5) is 28.1. The predicted molar refractivity (Wildman–Crippen MR) is 126 cm³/mol. The lowest BCUT2D eigenvalue weighted by Crippen LogP contribution is -2.26. The Bertz CT molecular complexity index is 1340. The number of allylic oxidation sites excluding steroid dienone is 1. The van der Waals surface area contributed by atoms with E-state index in [4.69, 9.17) is 0 Å². The van der Waals surface area contributed by atoms with Gasteiger partial charge in [-0.05, 0) is 78.1 Å². The topological polar surface area (TPSA) is 77.8 Å². The average Bonchev–Trinajstić information content (AvgIpc) is 3.48. The van der Waals surface area contributed by atoms with Crippen LogP contribution in [0.1, 0.15) is 62.6 Å². The maximum absolute atomic E-state index is 12.8. The molecule has 6 rings (SSSR count). The molecule has 2 aliphatic carbocycles. The van der Waals surface area contributed by atoms with Gasteiger partial charge in [0.15, 0.2) is 11.6 Å². The van der Waals surface area contributed by atoms with Crippen molar-refractivity contribution in [1.82, 2.24) is 0 Å². The molecule has 0 aromatic heterocycles. The minimum absolute atomic E-state index is 0.0203. The van der Waals surface area contributed by atoms with Crippen molar-refractivity contribution in [3.8, 4) is 5.75 Å². The summed E-state index contributed by atoms with van der Waals surface area (Å²) in [6.45, 7) is 0.0296. The second-order valence-electron chi connectivity index (χ2n) is 9.06. The molecule has 0 spiro atoms. The molecule has 2 unspecified atom stereocenters. The maximum Gasteiger partial charge on any atom is 0.197 e. The summed E-state index contributed by atoms with van der Waals surface area (Å²) in [7, 11) is 0. The van der Waals surface area contributed by atoms with E-state index in [1.807, 2.05) is 18.2 Å². The summed E-state index contributed by atoms with van der Waals surface area (Å²) < 4.78 is 0. The molecule has 33 heavy (non-hydrogen) atoms. The molecule has 164 valence electrons. The number of anilines is 2. The molecule has 1 aliphatic heterocycles. The minimum Gasteiger partial charge on any atom is -0.508 e. The van der Waals surface area contributed by atoms with Crippen molar-refractivity contribution in [3.05, 3.63) is 94.1 Å². The van der Waals surface area contributed by atoms with Crippen LogP contribution in [0.4, 0.5) is 11.4 Å². The second kappa shape index (κ2) is 7.42. The predicted octanol–water partition coefficient (Wildman–Crippen LogP) is 5.13. The summed E-state index contributed by atoms with van der Waals surface area (Å²) in [5.74, 6) is -0.233. The summed E-state index contributed by atoms with van der Waals surface area (Å²) in [6, 6.07) is 18.9. The van der Waals surface area contributed by atoms with E-state index < -0.39 is 0 Å². The number of rotatable bonds is 3. The third kappa shape index (κ3) is 3.04. The van der Waals surface area contributed by atoms with E-state index >= 15 is 0 Å². The van der Waals surface area contributed by atoms with Gasteiger partial charge in [0.1, 0.15) is 5.75 Å². The van der Waals surface area contributed by atoms with Gasteiger partial charge in [0, 0.05) is 34.5 Å². The van der Waals surface area contributed by atoms with Crippen molar-refractivity contribution in [2.75, 3.05) is 4.90 Å². The van der Waals surface area contributed by atoms with Crippen molar-refractivity contribution in [3.63, 3.8) is 0 Å². The monoisotopic (exact) mass is 437 g/mol. The number of Topliss-reactive ketones (excluding diaryl/α,β-unsaturated/α-hetero) is 2. The zero-order valence-electron chi connectivity index (χ0n) is 18.0. The molecule has 5 heteroatoms. The Hall–Kier alpha value is -3.70. The fourth-order valence-corrected chi connectivity index (χ4v) is 5.67. The number of phenols is 1. The Labute approximate surface area is 191 Å². The average molecular weight is 437 g/mol. The number of fused-ring (bicyclic) bond motifs is 4. The van der Waals surface area contributed by atoms with E-state index in [0.717, 1.165) is 29.7 Å². The molecular weight excluding hydrogens is 414 g/mol. The molecule has 3 aromatic rings. The number of carbonyl (C=O) groups is 2. The molecule has 1 heterocycles. The van der Waals surface area contributed by atoms with Crippen LogP contribution in [0.5, 0.6) is 5.75 Å². The lowest BCUT2D eigenvalue weighted by atomic mass is 9.95. The lowest BCUT2D eigenvalue weighted by molar-refractivity contribution is 0.0990. The van der Waals surface area contributed by atoms with E-state index in [-0.39, 0.29) is 35.1 Å². The van der Waals surface area contributed by atoms with Gasteiger partial charge in [0.25, 0.3) is 0 Å². The van der Waals surface area contributed by atoms with E-state index in [0.29, 0.717) is 17.5 Å². The Morgan fingerprint density at radius 3 is 2.48 bits per heavy atom. The third-order valence-electron chi connectivity index (χ3n) is 7.21. The number of aliphatic hydroxyl groups is 1. The molecule has 3 aromatic carbocycles. The molecule has 0 saturated heterocycles. The van der Waals surface area contributed by atoms with Crippen LogP contribution >= 0.6 is 0 Å². The normalized spacial score (nSPS) is 22.1. The van der Waals surface area contributed by atoms with E-state index in [1.165, 1.54) is 35.9 Å². The molecule has 3 aliphatic rings. The van der Waals surface area contributed by atoms with Crippen molar-refractivity contribution in [2.45, 2.75) is 37.8 Å². The maximum atomic E-state index is 12.8. The van der Waals surface area contributed by atoms with Crippen LogP contribution in [0.25, 0.3) is 6.08 Å². The van der Waals surface area contributed by atoms with Crippen LogP contribution in [0.15, 0.2) is 66.2 Å². The molecule has 1 saturated carbocycles. The number of ketones is 2. The summed E-state index contributed by atoms with van der Waals surface area (Å²) >= 11 is 0. The van der Waals surface area contributed by atoms with Crippen LogP contribution in [-0.2, 0) is 6.61 Å². The standard InChI is InChI=1S/C28H23NO4/c30-15-16-4-7-18(8-5-16)29-25-3-1-2-20(25)22-12-17(6-11-26(22)29)13-24-27(32)21-10-9-19(31)14-23(21)28(24)33/h4-14,20,25,30-31H,1-3,15H2. The molecule has 5 nitrogen and oxygen atoms in total. The van der Waals surface area contributed by atoms with Crippen molar-refractivity contribution >= 4 is 29.0 Å². The van der Waals surface area contributed by atoms with Gasteiger partial charge in [0.2, 0.25) is 0 Å². The molecule has 0 amide bonds. The van der Waals surface area contributed by atoms with Crippen LogP contribution in [-0.4, -0.2) is 27.8 Å². The summed E-state index contributed by atoms with van der Waals surface area (Å²) in [5.41, 5.74) is 6.03. The first-order valence-electron chi connectivity index (χ1n) is 11.3. The molecule has 2 N–H and O–H groups in total. The number of phenolic OH excluding ortho intramolecular Hbond substituents is 1. The van der Waals surface area contributed by atoms with Crippen molar-refractivity contribution in [1.29, 1.82) is 0 Å². The Morgan fingerprint density at radius 2 is 1.70 bits per heavy atom. The Kier molecular flexibility index (Phi) is 4.49. The number of benzene rings is 3. The van der Waals surface area contributed by atoms with E-state index in [9.17, 15) is 19.8 Å². The molecule has 1 fully saturated rings. The van der Waals surface area contributed by atoms with Gasteiger partial charge in [0.05, 0.1) is 12.2 Å². The lowest BCUT2D eigenvalue weighted by Gasteiger charge is -2.27. The first kappa shape index (κ1) is 19.9. The number of hydrogen-bond donors (Lipinski definition) is 2. The van der Waals surface area contributed by atoms with Gasteiger partial charge in [-0.15, -0.1) is 0 Å². The number of carbonyl (C=O) groups excluding carboxylic acids is 2. The first-order chi connectivity index (χ1) is 16.0. The van der Waals surface area contributed by atoms with Gasteiger partial charge in [-0.3, -0.25) is 9.59 Å². The first-order valence-corrected chi connectivity index (χ1v) is 11.3. The highest BCUT2D eigenvalue weighted by molar-refractivity contribution is 6.41. The fraction of sp³-hybridized carbons (Fsp3) is 0.214. The van der Waals surface area contributed by atoms with E-state index in [2.05, 4.69) is 29.2 Å². The molecule has 0 bridgehead atoms. The Balaban J connectivity index is 1.39. The van der Waals surface area contributed by atoms with E-state index in [1.54, 1.807) is 6.08 Å². The highest BCUT2D eigenvalue weighted by Crippen LogP contribution is 2.52. The minimum atomic E-state index is -0.337. The van der Waals surface area contributed by atoms with Gasteiger partial charge < -0.3 is 15.1 Å². The zero-order valence-corrected chi connectivity index (χ0v) is 18.0. The van der Waals surface area contributed by atoms with Gasteiger partial charge in [-0.1, -0.05) is 24.6 Å². The molecule has 0 radical (unpaired) electrons. The highest BCUT2D eigenvalue weighted by atomic mass is 16.3. The number of nitrogens with zero attached hydrogens (tertiary/aromatic N) is 1. The van der Waals surface area contributed by atoms with Crippen molar-refractivity contribution < 1.29 is 19.8 Å². The van der Waals surface area contributed by atoms with Crippen LogP contribution in [0, 0.1) is 0 Å². The van der Waals surface area contributed by atoms with Gasteiger partial charge >= 0.3 is 0 Å². The molecular formula is C28H23NO4. The number of hydrogen-bond acceptors (Lipinski definition) is 5. The quantitative estimate of drug-likeness (QED) is 0.439. The van der Waals surface area contributed by atoms with Crippen LogP contribution < -0.4 is 4.90 Å². The fourth-order valence-electron chi connectivity index (χ4n) is 5.67. The highest BCUT2D eigenvalue weighted by Gasteiger charge is 2.42. The Morgan fingerprint density at radius 1 is 0.909 bits per heavy atom. The van der Waals surface area contributed by atoms with Gasteiger partial charge in [-0.2, -0.15) is 0 Å². The zero-order chi connectivity index (χ0) is 22.7.